The van der Waals surface area contributed by atoms with Crippen LogP contribution in [0, 0.1) is 25.7 Å². The fourth-order valence-electron chi connectivity index (χ4n) is 4.37. The van der Waals surface area contributed by atoms with E-state index in [0.717, 1.165) is 11.3 Å². The summed E-state index contributed by atoms with van der Waals surface area (Å²) in [5.41, 5.74) is 2.86. The summed E-state index contributed by atoms with van der Waals surface area (Å²) in [6.07, 6.45) is 0.664. The van der Waals surface area contributed by atoms with E-state index in [1.54, 1.807) is 23.7 Å². The van der Waals surface area contributed by atoms with Gasteiger partial charge < -0.3 is 15.2 Å². The molecule has 2 aromatic rings. The number of amides is 1. The minimum Gasteiger partial charge on any atom is -0.481 e. The lowest BCUT2D eigenvalue weighted by Crippen LogP contribution is -2.41. The van der Waals surface area contributed by atoms with Crippen LogP contribution < -0.4 is 5.32 Å². The van der Waals surface area contributed by atoms with E-state index in [1.807, 2.05) is 13.0 Å². The molecule has 0 unspecified atom stereocenters. The summed E-state index contributed by atoms with van der Waals surface area (Å²) in [5.74, 6) is -2.82. The molecule has 7 nitrogen and oxygen atoms in total. The van der Waals surface area contributed by atoms with Crippen LogP contribution >= 0.6 is 23.2 Å². The van der Waals surface area contributed by atoms with Crippen LogP contribution in [-0.2, 0) is 20.9 Å². The molecule has 2 N–H and O–H groups in total. The molecule has 1 amide bonds. The largest absolute Gasteiger partial charge is 0.481 e. The Labute approximate surface area is 177 Å². The number of rotatable bonds is 5. The van der Waals surface area contributed by atoms with Crippen molar-refractivity contribution < 1.29 is 19.4 Å². The van der Waals surface area contributed by atoms with Gasteiger partial charge in [0.15, 0.2) is 0 Å². The molecule has 0 saturated carbocycles. The molecule has 4 atom stereocenters. The minimum atomic E-state index is -0.987. The first-order chi connectivity index (χ1) is 13.8. The standard InChI is InChI=1S/C20H21Cl2N3O4/c1-9-18(10(2)25(24-9)8-11-3-4-12(21)7-13(11)22)23-19(26)16-14-5-6-15(29-14)17(16)20(27)28/h3-4,7,14-17H,5-6,8H2,1-2H3,(H,23,26)(H,27,28)/t14-,15-,16-,17-/m0/s1. The molecule has 1 aromatic heterocycles. The molecular formula is C20H21Cl2N3O4. The first kappa shape index (κ1) is 20.2. The van der Waals surface area contributed by atoms with Crippen LogP contribution in [0.5, 0.6) is 0 Å². The molecule has 0 aliphatic carbocycles. The van der Waals surface area contributed by atoms with E-state index in [1.165, 1.54) is 0 Å². The number of hydrogen-bond donors (Lipinski definition) is 2. The molecule has 0 radical (unpaired) electrons. The van der Waals surface area contributed by atoms with Gasteiger partial charge >= 0.3 is 5.97 Å². The molecule has 2 aliphatic rings. The quantitative estimate of drug-likeness (QED) is 0.743. The fraction of sp³-hybridized carbons (Fsp3) is 0.450. The zero-order valence-corrected chi connectivity index (χ0v) is 17.5. The molecule has 2 fully saturated rings. The summed E-state index contributed by atoms with van der Waals surface area (Å²) >= 11 is 12.2. The maximum Gasteiger partial charge on any atom is 0.310 e. The minimum absolute atomic E-state index is 0.333. The molecule has 2 bridgehead atoms. The zero-order chi connectivity index (χ0) is 20.9. The first-order valence-corrected chi connectivity index (χ1v) is 10.2. The van der Waals surface area contributed by atoms with Crippen LogP contribution in [0.15, 0.2) is 18.2 Å². The van der Waals surface area contributed by atoms with E-state index in [-0.39, 0.29) is 18.1 Å². The lowest BCUT2D eigenvalue weighted by molar-refractivity contribution is -0.147. The monoisotopic (exact) mass is 437 g/mol. The van der Waals surface area contributed by atoms with Crippen LogP contribution in [0.25, 0.3) is 0 Å². The van der Waals surface area contributed by atoms with Gasteiger partial charge in [-0.3, -0.25) is 14.3 Å². The second kappa shape index (κ2) is 7.63. The van der Waals surface area contributed by atoms with Crippen LogP contribution in [0.1, 0.15) is 29.8 Å². The van der Waals surface area contributed by atoms with Crippen LogP contribution in [0.2, 0.25) is 10.0 Å². The molecule has 1 aromatic carbocycles. The van der Waals surface area contributed by atoms with Gasteiger partial charge in [-0.15, -0.1) is 0 Å². The number of aliphatic carboxylic acids is 1. The number of anilines is 1. The van der Waals surface area contributed by atoms with Gasteiger partial charge in [0, 0.05) is 10.0 Å². The van der Waals surface area contributed by atoms with Crippen molar-refractivity contribution in [2.24, 2.45) is 11.8 Å². The Morgan fingerprint density at radius 2 is 1.93 bits per heavy atom. The van der Waals surface area contributed by atoms with Gasteiger partial charge in [0.05, 0.1) is 47.7 Å². The van der Waals surface area contributed by atoms with E-state index in [9.17, 15) is 14.7 Å². The van der Waals surface area contributed by atoms with Crippen LogP contribution in [-0.4, -0.2) is 39.0 Å². The number of nitrogens with one attached hydrogen (secondary N) is 1. The van der Waals surface area contributed by atoms with E-state index in [0.29, 0.717) is 40.8 Å². The highest BCUT2D eigenvalue weighted by atomic mass is 35.5. The highest BCUT2D eigenvalue weighted by Gasteiger charge is 2.55. The number of carboxylic acid groups (broad SMARTS) is 1. The van der Waals surface area contributed by atoms with Crippen molar-refractivity contribution in [2.45, 2.75) is 45.4 Å². The molecule has 9 heteroatoms. The van der Waals surface area contributed by atoms with Gasteiger partial charge in [0.1, 0.15) is 0 Å². The SMILES string of the molecule is Cc1nn(Cc2ccc(Cl)cc2Cl)c(C)c1NC(=O)[C@@H]1[C@@H](C(=O)O)[C@@H]2CC[C@@H]1O2. The summed E-state index contributed by atoms with van der Waals surface area (Å²) in [4.78, 5) is 24.6. The van der Waals surface area contributed by atoms with Crippen molar-refractivity contribution in [3.8, 4) is 0 Å². The molecule has 3 heterocycles. The number of carbonyl (C=O) groups excluding carboxylic acids is 1. The van der Waals surface area contributed by atoms with E-state index in [4.69, 9.17) is 27.9 Å². The van der Waals surface area contributed by atoms with Crippen molar-refractivity contribution in [2.75, 3.05) is 5.32 Å². The summed E-state index contributed by atoms with van der Waals surface area (Å²) in [6, 6.07) is 5.27. The summed E-state index contributed by atoms with van der Waals surface area (Å²) in [6.45, 7) is 4.08. The molecule has 2 saturated heterocycles. The van der Waals surface area contributed by atoms with E-state index in [2.05, 4.69) is 10.4 Å². The lowest BCUT2D eigenvalue weighted by Gasteiger charge is -2.23. The Hall–Kier alpha value is -2.09. The fourth-order valence-corrected chi connectivity index (χ4v) is 4.84. The normalized spacial score (nSPS) is 25.4. The predicted octanol–water partition coefficient (Wildman–Crippen LogP) is 3.67. The average Bonchev–Trinajstić information content (AvgIpc) is 3.34. The smallest absolute Gasteiger partial charge is 0.310 e. The van der Waals surface area contributed by atoms with E-state index >= 15 is 0 Å². The van der Waals surface area contributed by atoms with Gasteiger partial charge in [-0.1, -0.05) is 29.3 Å². The Bertz CT molecular complexity index is 990. The number of carbonyl (C=O) groups is 2. The number of hydrogen-bond acceptors (Lipinski definition) is 4. The van der Waals surface area contributed by atoms with Crippen molar-refractivity contribution in [3.05, 3.63) is 45.2 Å². The number of ether oxygens (including phenoxy) is 1. The van der Waals surface area contributed by atoms with Gasteiger partial charge in [-0.25, -0.2) is 0 Å². The Kier molecular flexibility index (Phi) is 5.31. The molecule has 0 spiro atoms. The van der Waals surface area contributed by atoms with Crippen molar-refractivity contribution in [1.29, 1.82) is 0 Å². The maximum atomic E-state index is 13.0. The van der Waals surface area contributed by atoms with Crippen LogP contribution in [0.3, 0.4) is 0 Å². The molecule has 29 heavy (non-hydrogen) atoms. The third-order valence-electron chi connectivity index (χ3n) is 5.83. The predicted molar refractivity (Wildman–Crippen MR) is 108 cm³/mol. The number of carboxylic acids is 1. The molecule has 2 aliphatic heterocycles. The van der Waals surface area contributed by atoms with Gasteiger partial charge in [0.25, 0.3) is 0 Å². The third kappa shape index (κ3) is 3.63. The van der Waals surface area contributed by atoms with Gasteiger partial charge in [-0.05, 0) is 44.4 Å². The Morgan fingerprint density at radius 3 is 2.59 bits per heavy atom. The number of nitrogens with zero attached hydrogens (tertiary/aromatic N) is 2. The van der Waals surface area contributed by atoms with Gasteiger partial charge in [0.2, 0.25) is 5.91 Å². The summed E-state index contributed by atoms with van der Waals surface area (Å²) in [5, 5.41) is 18.1. The maximum absolute atomic E-state index is 13.0. The molecular weight excluding hydrogens is 417 g/mol. The van der Waals surface area contributed by atoms with Crippen molar-refractivity contribution in [1.82, 2.24) is 9.78 Å². The number of aromatic nitrogens is 2. The highest BCUT2D eigenvalue weighted by Crippen LogP contribution is 2.44. The topological polar surface area (TPSA) is 93.5 Å². The number of fused-ring (bicyclic) bond motifs is 2. The third-order valence-corrected chi connectivity index (χ3v) is 6.41. The molecule has 154 valence electrons. The summed E-state index contributed by atoms with van der Waals surface area (Å²) in [7, 11) is 0. The van der Waals surface area contributed by atoms with Crippen molar-refractivity contribution in [3.63, 3.8) is 0 Å². The molecule has 4 rings (SSSR count). The Morgan fingerprint density at radius 1 is 1.24 bits per heavy atom. The highest BCUT2D eigenvalue weighted by molar-refractivity contribution is 6.35. The van der Waals surface area contributed by atoms with Crippen LogP contribution in [0.4, 0.5) is 5.69 Å². The van der Waals surface area contributed by atoms with Crippen molar-refractivity contribution >= 4 is 40.8 Å². The number of halogens is 2. The first-order valence-electron chi connectivity index (χ1n) is 9.43. The Balaban J connectivity index is 1.55. The second-order valence-electron chi connectivity index (χ2n) is 7.61. The summed E-state index contributed by atoms with van der Waals surface area (Å²) < 4.78 is 7.45. The van der Waals surface area contributed by atoms with E-state index < -0.39 is 17.8 Å². The second-order valence-corrected chi connectivity index (χ2v) is 8.45. The zero-order valence-electron chi connectivity index (χ0n) is 16.0. The number of aryl methyl sites for hydroxylation is 1. The lowest BCUT2D eigenvalue weighted by atomic mass is 9.78. The van der Waals surface area contributed by atoms with Gasteiger partial charge in [-0.2, -0.15) is 5.10 Å². The number of benzene rings is 1. The average molecular weight is 438 g/mol.